The van der Waals surface area contributed by atoms with Crippen LogP contribution >= 0.6 is 15.9 Å². The first-order chi connectivity index (χ1) is 8.16. The molecule has 2 aromatic rings. The topological polar surface area (TPSA) is 41.9 Å². The molecule has 0 aliphatic heterocycles. The Hall–Kier alpha value is -1.23. The third kappa shape index (κ3) is 3.12. The van der Waals surface area contributed by atoms with Crippen LogP contribution < -0.4 is 4.90 Å². The number of rotatable bonds is 4. The highest BCUT2D eigenvalue weighted by molar-refractivity contribution is 9.09. The average Bonchev–Trinajstić information content (AvgIpc) is 2.35. The molecule has 1 unspecified atom stereocenters. The van der Waals surface area contributed by atoms with E-state index in [-0.39, 0.29) is 0 Å². The van der Waals surface area contributed by atoms with Crippen molar-refractivity contribution in [1.29, 1.82) is 0 Å². The zero-order valence-corrected chi connectivity index (χ0v) is 11.6. The van der Waals surface area contributed by atoms with E-state index in [1.807, 2.05) is 19.2 Å². The van der Waals surface area contributed by atoms with Crippen molar-refractivity contribution in [2.24, 2.45) is 0 Å². The largest absolute Gasteiger partial charge is 0.360 e. The fourth-order valence-electron chi connectivity index (χ4n) is 1.54. The molecule has 0 N–H and O–H groups in total. The molecule has 0 aliphatic carbocycles. The first-order valence-corrected chi connectivity index (χ1v) is 6.51. The van der Waals surface area contributed by atoms with Gasteiger partial charge in [-0.25, -0.2) is 9.97 Å². The van der Waals surface area contributed by atoms with Crippen LogP contribution in [0.2, 0.25) is 0 Å². The number of nitrogens with zero attached hydrogens (tertiary/aromatic N) is 4. The normalized spacial score (nSPS) is 12.6. The second kappa shape index (κ2) is 5.40. The van der Waals surface area contributed by atoms with E-state index in [4.69, 9.17) is 0 Å². The number of halogens is 1. The molecule has 0 amide bonds. The van der Waals surface area contributed by atoms with Gasteiger partial charge in [-0.15, -0.1) is 0 Å². The number of pyridine rings is 1. The van der Waals surface area contributed by atoms with E-state index in [0.29, 0.717) is 10.5 Å². The quantitative estimate of drug-likeness (QED) is 0.813. The fourth-order valence-corrected chi connectivity index (χ4v) is 1.75. The Kier molecular flexibility index (Phi) is 3.89. The second-order valence-corrected chi connectivity index (χ2v) is 5.62. The predicted octanol–water partition coefficient (Wildman–Crippen LogP) is 2.63. The smallest absolute Gasteiger partial charge is 0.180 e. The van der Waals surface area contributed by atoms with E-state index < -0.39 is 0 Å². The van der Waals surface area contributed by atoms with Crippen molar-refractivity contribution in [2.75, 3.05) is 18.5 Å². The van der Waals surface area contributed by atoms with Crippen LogP contribution in [0, 0.1) is 0 Å². The molecule has 1 atom stereocenters. The summed E-state index contributed by atoms with van der Waals surface area (Å²) in [5, 5.41) is 0. The van der Waals surface area contributed by atoms with Crippen molar-refractivity contribution in [3.63, 3.8) is 0 Å². The monoisotopic (exact) mass is 294 g/mol. The first-order valence-electron chi connectivity index (χ1n) is 5.60. The van der Waals surface area contributed by atoms with Crippen molar-refractivity contribution in [3.8, 4) is 0 Å². The minimum atomic E-state index is 0.519. The van der Waals surface area contributed by atoms with Crippen molar-refractivity contribution < 1.29 is 0 Å². The van der Waals surface area contributed by atoms with Gasteiger partial charge in [-0.2, -0.15) is 0 Å². The SMILES string of the molecule is CC(Br)CCN(C)c1ccc2nccnc2n1. The standard InChI is InChI=1S/C12H15BrN4/c1-9(13)5-8-17(2)11-4-3-10-12(16-11)15-7-6-14-10/h3-4,6-7,9H,5,8H2,1-2H3. The molecule has 2 rings (SSSR count). The van der Waals surface area contributed by atoms with Gasteiger partial charge < -0.3 is 4.90 Å². The molecule has 0 fully saturated rings. The van der Waals surface area contributed by atoms with Gasteiger partial charge in [-0.05, 0) is 18.6 Å². The number of fused-ring (bicyclic) bond motifs is 1. The van der Waals surface area contributed by atoms with E-state index in [1.54, 1.807) is 12.4 Å². The molecule has 90 valence electrons. The maximum absolute atomic E-state index is 4.49. The van der Waals surface area contributed by atoms with Gasteiger partial charge in [0.1, 0.15) is 11.3 Å². The van der Waals surface area contributed by atoms with Gasteiger partial charge in [0, 0.05) is 30.8 Å². The average molecular weight is 295 g/mol. The van der Waals surface area contributed by atoms with Gasteiger partial charge >= 0.3 is 0 Å². The van der Waals surface area contributed by atoms with E-state index in [9.17, 15) is 0 Å². The summed E-state index contributed by atoms with van der Waals surface area (Å²) in [5.74, 6) is 0.936. The second-order valence-electron chi connectivity index (χ2n) is 4.06. The Balaban J connectivity index is 2.18. The fraction of sp³-hybridized carbons (Fsp3) is 0.417. The van der Waals surface area contributed by atoms with Gasteiger partial charge in [0.05, 0.1) is 0 Å². The molecular weight excluding hydrogens is 280 g/mol. The number of aromatic nitrogens is 3. The minimum Gasteiger partial charge on any atom is -0.360 e. The van der Waals surface area contributed by atoms with Gasteiger partial charge in [0.25, 0.3) is 0 Å². The Morgan fingerprint density at radius 1 is 1.29 bits per heavy atom. The molecule has 0 spiro atoms. The van der Waals surface area contributed by atoms with Crippen LogP contribution in [0.5, 0.6) is 0 Å². The highest BCUT2D eigenvalue weighted by atomic mass is 79.9. The highest BCUT2D eigenvalue weighted by Crippen LogP contribution is 2.14. The molecule has 0 bridgehead atoms. The third-order valence-electron chi connectivity index (χ3n) is 2.57. The summed E-state index contributed by atoms with van der Waals surface area (Å²) in [7, 11) is 2.04. The lowest BCUT2D eigenvalue weighted by Gasteiger charge is -2.18. The molecule has 4 nitrogen and oxygen atoms in total. The Bertz CT molecular complexity index is 501. The molecule has 2 heterocycles. The van der Waals surface area contributed by atoms with Crippen LogP contribution in [-0.4, -0.2) is 33.4 Å². The van der Waals surface area contributed by atoms with E-state index in [1.165, 1.54) is 0 Å². The van der Waals surface area contributed by atoms with Crippen molar-refractivity contribution in [2.45, 2.75) is 18.2 Å². The molecule has 2 aromatic heterocycles. The lowest BCUT2D eigenvalue weighted by atomic mass is 10.3. The molecule has 0 saturated heterocycles. The van der Waals surface area contributed by atoms with Crippen LogP contribution in [0.25, 0.3) is 11.2 Å². The number of anilines is 1. The summed E-state index contributed by atoms with van der Waals surface area (Å²) in [5.41, 5.74) is 1.53. The van der Waals surface area contributed by atoms with Crippen molar-refractivity contribution >= 4 is 32.9 Å². The summed E-state index contributed by atoms with van der Waals surface area (Å²) in [6, 6.07) is 3.94. The summed E-state index contributed by atoms with van der Waals surface area (Å²) < 4.78 is 0. The maximum atomic E-state index is 4.49. The van der Waals surface area contributed by atoms with Gasteiger partial charge in [-0.3, -0.25) is 4.98 Å². The number of alkyl halides is 1. The van der Waals surface area contributed by atoms with E-state index in [2.05, 4.69) is 42.7 Å². The molecule has 0 aliphatic rings. The highest BCUT2D eigenvalue weighted by Gasteiger charge is 2.06. The molecule has 0 radical (unpaired) electrons. The zero-order chi connectivity index (χ0) is 12.3. The summed E-state index contributed by atoms with van der Waals surface area (Å²) in [4.78, 5) is 15.6. The Morgan fingerprint density at radius 3 is 2.82 bits per heavy atom. The Morgan fingerprint density at radius 2 is 2.06 bits per heavy atom. The molecule has 17 heavy (non-hydrogen) atoms. The molecule has 0 aromatic carbocycles. The third-order valence-corrected chi connectivity index (χ3v) is 3.03. The van der Waals surface area contributed by atoms with E-state index >= 15 is 0 Å². The molecule has 5 heteroatoms. The lowest BCUT2D eigenvalue weighted by Crippen LogP contribution is -2.21. The predicted molar refractivity (Wildman–Crippen MR) is 73.6 cm³/mol. The van der Waals surface area contributed by atoms with Crippen LogP contribution in [0.1, 0.15) is 13.3 Å². The summed E-state index contributed by atoms with van der Waals surface area (Å²) in [6.07, 6.45) is 4.43. The number of hydrogen-bond donors (Lipinski definition) is 0. The van der Waals surface area contributed by atoms with Gasteiger partial charge in [0.15, 0.2) is 5.65 Å². The zero-order valence-electron chi connectivity index (χ0n) is 9.97. The molecule has 0 saturated carbocycles. The Labute approximate surface area is 109 Å². The summed E-state index contributed by atoms with van der Waals surface area (Å²) in [6.45, 7) is 3.11. The maximum Gasteiger partial charge on any atom is 0.180 e. The van der Waals surface area contributed by atoms with E-state index in [0.717, 1.165) is 24.3 Å². The van der Waals surface area contributed by atoms with Crippen LogP contribution in [-0.2, 0) is 0 Å². The van der Waals surface area contributed by atoms with Crippen molar-refractivity contribution in [1.82, 2.24) is 15.0 Å². The first kappa shape index (κ1) is 12.2. The van der Waals surface area contributed by atoms with Gasteiger partial charge in [0.2, 0.25) is 0 Å². The minimum absolute atomic E-state index is 0.519. The van der Waals surface area contributed by atoms with Crippen LogP contribution in [0.3, 0.4) is 0 Å². The number of hydrogen-bond acceptors (Lipinski definition) is 4. The lowest BCUT2D eigenvalue weighted by molar-refractivity contribution is 0.780. The summed E-state index contributed by atoms with van der Waals surface area (Å²) >= 11 is 3.55. The van der Waals surface area contributed by atoms with Crippen molar-refractivity contribution in [3.05, 3.63) is 24.5 Å². The van der Waals surface area contributed by atoms with Crippen LogP contribution in [0.4, 0.5) is 5.82 Å². The van der Waals surface area contributed by atoms with Crippen LogP contribution in [0.15, 0.2) is 24.5 Å². The molecular formula is C12H15BrN4. The van der Waals surface area contributed by atoms with Gasteiger partial charge in [-0.1, -0.05) is 22.9 Å².